The van der Waals surface area contributed by atoms with Gasteiger partial charge in [-0.15, -0.1) is 6.58 Å². The molecule has 0 aliphatic heterocycles. The standard InChI is InChI=1S/C62H57NO/c1-5-17-54(46-20-11-8-12-21-46)41(3)42(4)62(47-30-28-45(29-31-47)44-18-9-7-10-19-44)63-40-53-25-16-27-59-61(53)57-35-33-51(39-60(57)64-59)49-24-15-23-48(37-49)50-32-34-56-55-26-14-13-22-52(55)36-43(6-2)58(56)38-50/h6-16,18-30,32-35,37-39,42-43,47,62-63H,2,5,17,31,36,40H2,1,3-4H3/b54-41-. The molecule has 2 heteroatoms. The minimum Gasteiger partial charge on any atom is -0.456 e. The molecule has 316 valence electrons. The smallest absolute Gasteiger partial charge is 0.136 e. The Bertz CT molecular complexity index is 3070. The number of hydrogen-bond donors (Lipinski definition) is 1. The van der Waals surface area contributed by atoms with Gasteiger partial charge in [0.25, 0.3) is 0 Å². The number of rotatable bonds is 13. The minimum atomic E-state index is 0.223. The average molecular weight is 832 g/mol. The molecule has 4 atom stereocenters. The molecule has 2 aliphatic carbocycles. The molecule has 0 radical (unpaired) electrons. The second-order valence-electron chi connectivity index (χ2n) is 17.9. The molecule has 4 unspecified atom stereocenters. The number of fused-ring (bicyclic) bond motifs is 6. The van der Waals surface area contributed by atoms with Crippen LogP contribution < -0.4 is 5.32 Å². The molecule has 1 aromatic heterocycles. The molecule has 10 rings (SSSR count). The predicted molar refractivity (Wildman–Crippen MR) is 272 cm³/mol. The molecule has 1 heterocycles. The third-order valence-corrected chi connectivity index (χ3v) is 14.1. The van der Waals surface area contributed by atoms with Crippen LogP contribution in [-0.4, -0.2) is 6.04 Å². The maximum atomic E-state index is 6.69. The van der Waals surface area contributed by atoms with Crippen molar-refractivity contribution in [2.45, 2.75) is 65.0 Å². The molecule has 0 amide bonds. The van der Waals surface area contributed by atoms with Gasteiger partial charge in [-0.25, -0.2) is 0 Å². The maximum absolute atomic E-state index is 6.69. The second-order valence-corrected chi connectivity index (χ2v) is 17.9. The minimum absolute atomic E-state index is 0.223. The molecule has 0 bridgehead atoms. The van der Waals surface area contributed by atoms with Gasteiger partial charge in [-0.3, -0.25) is 0 Å². The summed E-state index contributed by atoms with van der Waals surface area (Å²) in [6.45, 7) is 12.1. The number of allylic oxidation sites excluding steroid dienone is 5. The van der Waals surface area contributed by atoms with E-state index in [2.05, 4.69) is 221 Å². The van der Waals surface area contributed by atoms with Crippen LogP contribution in [0.15, 0.2) is 205 Å². The quantitative estimate of drug-likeness (QED) is 0.117. The van der Waals surface area contributed by atoms with Gasteiger partial charge in [0.05, 0.1) is 0 Å². The van der Waals surface area contributed by atoms with Crippen LogP contribution in [0.1, 0.15) is 73.8 Å². The number of benzene rings is 7. The molecule has 2 nitrogen and oxygen atoms in total. The number of hydrogen-bond acceptors (Lipinski definition) is 2. The van der Waals surface area contributed by atoms with E-state index < -0.39 is 0 Å². The topological polar surface area (TPSA) is 25.2 Å². The van der Waals surface area contributed by atoms with Gasteiger partial charge in [0.1, 0.15) is 11.2 Å². The molecule has 2 aliphatic rings. The van der Waals surface area contributed by atoms with Crippen LogP contribution in [0.3, 0.4) is 0 Å². The van der Waals surface area contributed by atoms with Gasteiger partial charge in [-0.2, -0.15) is 0 Å². The number of nitrogens with one attached hydrogen (secondary N) is 1. The third-order valence-electron chi connectivity index (χ3n) is 14.1. The Balaban J connectivity index is 0.949. The summed E-state index contributed by atoms with van der Waals surface area (Å²) >= 11 is 0. The van der Waals surface area contributed by atoms with Crippen molar-refractivity contribution in [3.05, 3.63) is 228 Å². The predicted octanol–water partition coefficient (Wildman–Crippen LogP) is 16.4. The van der Waals surface area contributed by atoms with Gasteiger partial charge in [0.2, 0.25) is 0 Å². The van der Waals surface area contributed by atoms with Crippen LogP contribution in [0.4, 0.5) is 0 Å². The maximum Gasteiger partial charge on any atom is 0.136 e. The van der Waals surface area contributed by atoms with Crippen molar-refractivity contribution in [1.82, 2.24) is 5.32 Å². The van der Waals surface area contributed by atoms with E-state index in [0.717, 1.165) is 54.3 Å². The highest BCUT2D eigenvalue weighted by molar-refractivity contribution is 6.07. The van der Waals surface area contributed by atoms with Crippen LogP contribution in [0.2, 0.25) is 0 Å². The summed E-state index contributed by atoms with van der Waals surface area (Å²) in [5.74, 6) is 0.950. The fraction of sp³-hybridized carbons (Fsp3) is 0.194. The van der Waals surface area contributed by atoms with Crippen molar-refractivity contribution >= 4 is 33.1 Å². The van der Waals surface area contributed by atoms with E-state index >= 15 is 0 Å². The van der Waals surface area contributed by atoms with E-state index in [1.54, 1.807) is 0 Å². The Labute approximate surface area is 379 Å². The molecule has 0 saturated carbocycles. The summed E-state index contributed by atoms with van der Waals surface area (Å²) in [6, 6.07) is 60.0. The van der Waals surface area contributed by atoms with Gasteiger partial charge < -0.3 is 9.73 Å². The summed E-state index contributed by atoms with van der Waals surface area (Å²) in [7, 11) is 0. The first-order valence-corrected chi connectivity index (χ1v) is 23.3. The SMILES string of the molecule is C=CC1Cc2ccccc2-c2ccc(-c3cccc(-c4ccc5c(c4)oc4cccc(CNC(C6C=CC(c7ccccc7)=CC6)C(C)/C(C)=C(/CCC)c6ccccc6)c45)c3)cc21. The van der Waals surface area contributed by atoms with Crippen LogP contribution >= 0.6 is 0 Å². The Morgan fingerprint density at radius 1 is 0.719 bits per heavy atom. The lowest BCUT2D eigenvalue weighted by Gasteiger charge is -2.34. The van der Waals surface area contributed by atoms with Crippen molar-refractivity contribution in [3.63, 3.8) is 0 Å². The lowest BCUT2D eigenvalue weighted by molar-refractivity contribution is 0.333. The Morgan fingerprint density at radius 2 is 1.42 bits per heavy atom. The lowest BCUT2D eigenvalue weighted by atomic mass is 9.78. The van der Waals surface area contributed by atoms with Crippen molar-refractivity contribution < 1.29 is 4.42 Å². The van der Waals surface area contributed by atoms with E-state index in [1.165, 1.54) is 77.7 Å². The normalized spacial score (nSPS) is 17.0. The summed E-state index contributed by atoms with van der Waals surface area (Å²) in [4.78, 5) is 0. The van der Waals surface area contributed by atoms with Gasteiger partial charge in [0.15, 0.2) is 0 Å². The highest BCUT2D eigenvalue weighted by Crippen LogP contribution is 2.43. The van der Waals surface area contributed by atoms with Crippen LogP contribution in [-0.2, 0) is 13.0 Å². The molecular formula is C62H57NO. The summed E-state index contributed by atoms with van der Waals surface area (Å²) < 4.78 is 6.69. The summed E-state index contributed by atoms with van der Waals surface area (Å²) in [5.41, 5.74) is 20.1. The Morgan fingerprint density at radius 3 is 2.19 bits per heavy atom. The van der Waals surface area contributed by atoms with Gasteiger partial charge in [-0.1, -0.05) is 184 Å². The molecule has 8 aromatic rings. The fourth-order valence-electron chi connectivity index (χ4n) is 10.6. The van der Waals surface area contributed by atoms with Crippen LogP contribution in [0.25, 0.3) is 66.5 Å². The zero-order chi connectivity index (χ0) is 43.6. The fourth-order valence-corrected chi connectivity index (χ4v) is 10.6. The zero-order valence-corrected chi connectivity index (χ0v) is 37.4. The zero-order valence-electron chi connectivity index (χ0n) is 37.4. The van der Waals surface area contributed by atoms with Gasteiger partial charge >= 0.3 is 0 Å². The molecule has 64 heavy (non-hydrogen) atoms. The first-order valence-electron chi connectivity index (χ1n) is 23.3. The largest absolute Gasteiger partial charge is 0.456 e. The Hall–Kier alpha value is -6.74. The third kappa shape index (κ3) is 8.04. The van der Waals surface area contributed by atoms with E-state index in [0.29, 0.717) is 17.8 Å². The molecule has 7 aromatic carbocycles. The van der Waals surface area contributed by atoms with Crippen LogP contribution in [0, 0.1) is 11.8 Å². The molecule has 1 N–H and O–H groups in total. The van der Waals surface area contributed by atoms with Crippen molar-refractivity contribution in [3.8, 4) is 33.4 Å². The molecule has 0 saturated heterocycles. The summed E-state index contributed by atoms with van der Waals surface area (Å²) in [5, 5.41) is 6.51. The monoisotopic (exact) mass is 831 g/mol. The first-order chi connectivity index (χ1) is 31.5. The molecule has 0 spiro atoms. The molecular weight excluding hydrogens is 775 g/mol. The van der Waals surface area contributed by atoms with E-state index in [9.17, 15) is 0 Å². The van der Waals surface area contributed by atoms with Gasteiger partial charge in [-0.05, 0) is 141 Å². The number of furan rings is 1. The van der Waals surface area contributed by atoms with Crippen molar-refractivity contribution in [2.24, 2.45) is 11.8 Å². The van der Waals surface area contributed by atoms with Crippen LogP contribution in [0.5, 0.6) is 0 Å². The van der Waals surface area contributed by atoms with E-state index in [-0.39, 0.29) is 6.04 Å². The van der Waals surface area contributed by atoms with E-state index in [1.807, 2.05) is 0 Å². The van der Waals surface area contributed by atoms with E-state index in [4.69, 9.17) is 4.42 Å². The second kappa shape index (κ2) is 18.2. The first kappa shape index (κ1) is 41.3. The summed E-state index contributed by atoms with van der Waals surface area (Å²) in [6.07, 6.45) is 13.5. The van der Waals surface area contributed by atoms with Crippen molar-refractivity contribution in [2.75, 3.05) is 0 Å². The van der Waals surface area contributed by atoms with Gasteiger partial charge in [0, 0.05) is 29.3 Å². The molecule has 0 fully saturated rings. The average Bonchev–Trinajstić information content (AvgIpc) is 3.74. The highest BCUT2D eigenvalue weighted by atomic mass is 16.3. The lowest BCUT2D eigenvalue weighted by Crippen LogP contribution is -2.41. The van der Waals surface area contributed by atoms with Crippen molar-refractivity contribution in [1.29, 1.82) is 0 Å². The Kier molecular flexibility index (Phi) is 11.7. The highest BCUT2D eigenvalue weighted by Gasteiger charge is 2.29.